The van der Waals surface area contributed by atoms with Crippen LogP contribution in [0.15, 0.2) is 77.7 Å². The first-order chi connectivity index (χ1) is 21.9. The molecule has 0 spiro atoms. The van der Waals surface area contributed by atoms with Crippen molar-refractivity contribution in [2.75, 3.05) is 39.3 Å². The van der Waals surface area contributed by atoms with E-state index in [1.54, 1.807) is 29.2 Å². The van der Waals surface area contributed by atoms with Crippen molar-refractivity contribution in [3.8, 4) is 22.6 Å². The van der Waals surface area contributed by atoms with Gasteiger partial charge in [0.15, 0.2) is 0 Å². The van der Waals surface area contributed by atoms with Crippen molar-refractivity contribution in [3.63, 3.8) is 0 Å². The molecular weight excluding hydrogens is 610 g/mol. The van der Waals surface area contributed by atoms with Gasteiger partial charge in [-0.3, -0.25) is 4.79 Å². The third kappa shape index (κ3) is 7.83. The molecule has 8 nitrogen and oxygen atoms in total. The zero-order valence-corrected chi connectivity index (χ0v) is 27.1. The molecule has 0 radical (unpaired) electrons. The Kier molecular flexibility index (Phi) is 10.3. The van der Waals surface area contributed by atoms with E-state index < -0.39 is 16.1 Å². The number of hydrogen-bond donors (Lipinski definition) is 1. The van der Waals surface area contributed by atoms with Gasteiger partial charge in [-0.05, 0) is 84.8 Å². The molecule has 10 heteroatoms. The number of carbonyl (C=O) groups excluding carboxylic acids is 1. The van der Waals surface area contributed by atoms with Crippen LogP contribution in [0.5, 0.6) is 11.5 Å². The SMILES string of the molecule is O=C([C@@H]1C[C@H](Oc2ccc(-c3ccc(Cl)cc3)cc2)CCN1S(=O)(=O)c1ccc(OCC2CCCCC2)cc1)N1CCNCC1. The summed E-state index contributed by atoms with van der Waals surface area (Å²) in [6.07, 6.45) is 6.62. The van der Waals surface area contributed by atoms with Gasteiger partial charge < -0.3 is 19.7 Å². The highest BCUT2D eigenvalue weighted by molar-refractivity contribution is 7.89. The molecule has 1 amide bonds. The summed E-state index contributed by atoms with van der Waals surface area (Å²) in [5.41, 5.74) is 2.09. The lowest BCUT2D eigenvalue weighted by Gasteiger charge is -2.40. The maximum atomic E-state index is 14.0. The number of amides is 1. The second-order valence-electron chi connectivity index (χ2n) is 12.3. The van der Waals surface area contributed by atoms with Crippen molar-refractivity contribution in [2.24, 2.45) is 5.92 Å². The second kappa shape index (κ2) is 14.5. The number of piperazine rings is 1. The summed E-state index contributed by atoms with van der Waals surface area (Å²) in [5, 5.41) is 3.96. The molecule has 1 saturated carbocycles. The Bertz CT molecular complexity index is 1520. The number of sulfonamides is 1. The molecule has 2 heterocycles. The molecular formula is C35H42ClN3O5S. The molecule has 0 aromatic heterocycles. The number of carbonyl (C=O) groups is 1. The zero-order chi connectivity index (χ0) is 31.2. The number of benzene rings is 3. The minimum atomic E-state index is -3.93. The van der Waals surface area contributed by atoms with E-state index in [0.717, 1.165) is 11.1 Å². The lowest BCUT2D eigenvalue weighted by atomic mass is 9.90. The van der Waals surface area contributed by atoms with Crippen LogP contribution in [0, 0.1) is 5.92 Å². The van der Waals surface area contributed by atoms with Gasteiger partial charge in [-0.15, -0.1) is 0 Å². The number of hydrogen-bond acceptors (Lipinski definition) is 6. The third-order valence-corrected chi connectivity index (χ3v) is 11.4. The zero-order valence-electron chi connectivity index (χ0n) is 25.6. The summed E-state index contributed by atoms with van der Waals surface area (Å²) in [7, 11) is -3.93. The molecule has 2 aliphatic heterocycles. The van der Waals surface area contributed by atoms with Gasteiger partial charge in [-0.2, -0.15) is 4.31 Å². The molecule has 6 rings (SSSR count). The van der Waals surface area contributed by atoms with Crippen molar-refractivity contribution in [2.45, 2.75) is 62.0 Å². The van der Waals surface area contributed by atoms with Gasteiger partial charge in [0.05, 0.1) is 11.5 Å². The Labute approximate surface area is 271 Å². The first kappa shape index (κ1) is 31.9. The topological polar surface area (TPSA) is 88.2 Å². The smallest absolute Gasteiger partial charge is 0.243 e. The van der Waals surface area contributed by atoms with Crippen LogP contribution in [0.3, 0.4) is 0 Å². The van der Waals surface area contributed by atoms with E-state index in [4.69, 9.17) is 21.1 Å². The molecule has 1 aliphatic carbocycles. The summed E-state index contributed by atoms with van der Waals surface area (Å²) < 4.78 is 41.8. The Balaban J connectivity index is 1.15. The standard InChI is InChI=1S/C35H42ClN3O5S/c36-29-10-6-27(7-11-29)28-8-12-31(13-9-28)44-32-18-21-39(34(24-32)35(40)38-22-19-37-20-23-38)45(41,42)33-16-14-30(15-17-33)43-25-26-4-2-1-3-5-26/h6-17,26,32,34,37H,1-5,18-25H2/t32-,34+/m1/s1. The number of nitrogens with one attached hydrogen (secondary N) is 1. The second-order valence-corrected chi connectivity index (χ2v) is 14.6. The number of halogens is 1. The van der Waals surface area contributed by atoms with Crippen molar-refractivity contribution in [3.05, 3.63) is 77.8 Å². The van der Waals surface area contributed by atoms with E-state index in [1.807, 2.05) is 48.5 Å². The van der Waals surface area contributed by atoms with Crippen LogP contribution in [-0.4, -0.2) is 75.0 Å². The van der Waals surface area contributed by atoms with Crippen LogP contribution >= 0.6 is 11.6 Å². The first-order valence-electron chi connectivity index (χ1n) is 16.1. The van der Waals surface area contributed by atoms with Crippen LogP contribution in [0.2, 0.25) is 5.02 Å². The summed E-state index contributed by atoms with van der Waals surface area (Å²) in [5.74, 6) is 1.75. The van der Waals surface area contributed by atoms with Gasteiger partial charge >= 0.3 is 0 Å². The fourth-order valence-electron chi connectivity index (χ4n) is 6.60. The van der Waals surface area contributed by atoms with E-state index in [1.165, 1.54) is 36.4 Å². The lowest BCUT2D eigenvalue weighted by Crippen LogP contribution is -2.58. The van der Waals surface area contributed by atoms with Crippen LogP contribution in [-0.2, 0) is 14.8 Å². The average Bonchev–Trinajstić information content (AvgIpc) is 3.09. The maximum Gasteiger partial charge on any atom is 0.243 e. The Morgan fingerprint density at radius 1 is 0.800 bits per heavy atom. The molecule has 0 unspecified atom stereocenters. The maximum absolute atomic E-state index is 14.0. The van der Waals surface area contributed by atoms with Crippen LogP contribution in [0.25, 0.3) is 11.1 Å². The largest absolute Gasteiger partial charge is 0.493 e. The molecule has 3 fully saturated rings. The highest BCUT2D eigenvalue weighted by Gasteiger charge is 2.43. The van der Waals surface area contributed by atoms with Crippen LogP contribution in [0.1, 0.15) is 44.9 Å². The normalized spacial score (nSPS) is 21.8. The quantitative estimate of drug-likeness (QED) is 0.306. The van der Waals surface area contributed by atoms with Gasteiger partial charge in [0, 0.05) is 44.2 Å². The van der Waals surface area contributed by atoms with Crippen molar-refractivity contribution in [1.82, 2.24) is 14.5 Å². The van der Waals surface area contributed by atoms with Crippen molar-refractivity contribution >= 4 is 27.5 Å². The van der Waals surface area contributed by atoms with Crippen molar-refractivity contribution in [1.29, 1.82) is 0 Å². The fourth-order valence-corrected chi connectivity index (χ4v) is 8.33. The molecule has 1 N–H and O–H groups in total. The van der Waals surface area contributed by atoms with Gasteiger partial charge in [-0.1, -0.05) is 55.1 Å². The highest BCUT2D eigenvalue weighted by atomic mass is 35.5. The van der Waals surface area contributed by atoms with Crippen LogP contribution < -0.4 is 14.8 Å². The Morgan fingerprint density at radius 2 is 1.42 bits per heavy atom. The first-order valence-corrected chi connectivity index (χ1v) is 18.0. The molecule has 3 aromatic rings. The molecule has 240 valence electrons. The molecule has 2 saturated heterocycles. The number of ether oxygens (including phenoxy) is 2. The lowest BCUT2D eigenvalue weighted by molar-refractivity contribution is -0.138. The number of piperidine rings is 1. The molecule has 3 aromatic carbocycles. The molecule has 45 heavy (non-hydrogen) atoms. The summed E-state index contributed by atoms with van der Waals surface area (Å²) >= 11 is 6.04. The van der Waals surface area contributed by atoms with Gasteiger partial charge in [0.1, 0.15) is 23.6 Å². The fraction of sp³-hybridized carbons (Fsp3) is 0.457. The van der Waals surface area contributed by atoms with Gasteiger partial charge in [0.2, 0.25) is 15.9 Å². The van der Waals surface area contributed by atoms with Crippen LogP contribution in [0.4, 0.5) is 0 Å². The monoisotopic (exact) mass is 651 g/mol. The van der Waals surface area contributed by atoms with E-state index in [-0.39, 0.29) is 29.9 Å². The molecule has 2 atom stereocenters. The van der Waals surface area contributed by atoms with E-state index in [9.17, 15) is 13.2 Å². The van der Waals surface area contributed by atoms with E-state index in [0.29, 0.717) is 61.6 Å². The van der Waals surface area contributed by atoms with Crippen molar-refractivity contribution < 1.29 is 22.7 Å². The highest BCUT2D eigenvalue weighted by Crippen LogP contribution is 2.32. The minimum Gasteiger partial charge on any atom is -0.493 e. The molecule has 3 aliphatic rings. The Hall–Kier alpha value is -3.11. The Morgan fingerprint density at radius 3 is 2.09 bits per heavy atom. The predicted molar refractivity (Wildman–Crippen MR) is 176 cm³/mol. The summed E-state index contributed by atoms with van der Waals surface area (Å²) in [4.78, 5) is 15.8. The minimum absolute atomic E-state index is 0.168. The summed E-state index contributed by atoms with van der Waals surface area (Å²) in [6, 6.07) is 21.3. The summed E-state index contributed by atoms with van der Waals surface area (Å²) in [6.45, 7) is 3.33. The van der Waals surface area contributed by atoms with Gasteiger partial charge in [0.25, 0.3) is 0 Å². The average molecular weight is 652 g/mol. The number of nitrogens with zero attached hydrogens (tertiary/aromatic N) is 2. The number of rotatable bonds is 9. The van der Waals surface area contributed by atoms with E-state index >= 15 is 0 Å². The van der Waals surface area contributed by atoms with E-state index in [2.05, 4.69) is 5.32 Å². The molecule has 0 bridgehead atoms. The predicted octanol–water partition coefficient (Wildman–Crippen LogP) is 6.00. The third-order valence-electron chi connectivity index (χ3n) is 9.19. The van der Waals surface area contributed by atoms with Gasteiger partial charge in [-0.25, -0.2) is 8.42 Å².